The molecule has 0 bridgehead atoms. The highest BCUT2D eigenvalue weighted by Gasteiger charge is 2.28. The second-order valence-corrected chi connectivity index (χ2v) is 5.92. The molecule has 0 spiro atoms. The second-order valence-electron chi connectivity index (χ2n) is 5.92. The van der Waals surface area contributed by atoms with Gasteiger partial charge in [-0.05, 0) is 32.9 Å². The third-order valence-corrected chi connectivity index (χ3v) is 3.52. The molecule has 2 rings (SSSR count). The van der Waals surface area contributed by atoms with Gasteiger partial charge in [-0.3, -0.25) is 14.7 Å². The maximum atomic E-state index is 12.3. The number of aromatic nitrogens is 1. The molecule has 1 saturated heterocycles. The molecule has 1 amide bonds. The van der Waals surface area contributed by atoms with Crippen LogP contribution in [0.4, 0.5) is 5.69 Å². The molecule has 0 aromatic carbocycles. The number of amides is 1. The summed E-state index contributed by atoms with van der Waals surface area (Å²) in [6.45, 7) is 9.88. The van der Waals surface area contributed by atoms with Crippen molar-refractivity contribution in [3.05, 3.63) is 24.0 Å². The highest BCUT2D eigenvalue weighted by Crippen LogP contribution is 2.17. The Bertz CT molecular complexity index is 459. The predicted molar refractivity (Wildman–Crippen MR) is 75.9 cm³/mol. The van der Waals surface area contributed by atoms with Crippen LogP contribution in [0.15, 0.2) is 18.3 Å². The largest absolute Gasteiger partial charge is 0.399 e. The molecule has 1 aliphatic rings. The Hall–Kier alpha value is -1.62. The minimum atomic E-state index is -0.0270. The lowest BCUT2D eigenvalue weighted by atomic mass is 10.0. The lowest BCUT2D eigenvalue weighted by molar-refractivity contribution is 0.0447. The highest BCUT2D eigenvalue weighted by molar-refractivity contribution is 5.93. The normalized spacial score (nSPS) is 17.5. The Morgan fingerprint density at radius 2 is 1.89 bits per heavy atom. The van der Waals surface area contributed by atoms with Gasteiger partial charge in [0, 0.05) is 43.6 Å². The van der Waals surface area contributed by atoms with Crippen LogP contribution in [0.2, 0.25) is 0 Å². The molecule has 104 valence electrons. The Labute approximate surface area is 114 Å². The molecule has 5 heteroatoms. The van der Waals surface area contributed by atoms with Crippen molar-refractivity contribution in [2.24, 2.45) is 0 Å². The van der Waals surface area contributed by atoms with Crippen LogP contribution in [0.5, 0.6) is 0 Å². The molecule has 1 aliphatic heterocycles. The standard InChI is InChI=1S/C14H22N4O/c1-14(2,3)18-8-6-17(7-9-18)13(19)12-10-11(15)4-5-16-12/h4-5,10H,6-9H2,1-3H3,(H2,15,16). The topological polar surface area (TPSA) is 62.5 Å². The second kappa shape index (κ2) is 5.17. The van der Waals surface area contributed by atoms with E-state index in [1.165, 1.54) is 0 Å². The fraction of sp³-hybridized carbons (Fsp3) is 0.571. The van der Waals surface area contributed by atoms with Gasteiger partial charge >= 0.3 is 0 Å². The van der Waals surface area contributed by atoms with Gasteiger partial charge in [-0.15, -0.1) is 0 Å². The Kier molecular flexibility index (Phi) is 3.75. The molecule has 0 atom stereocenters. The van der Waals surface area contributed by atoms with Gasteiger partial charge in [-0.1, -0.05) is 0 Å². The summed E-state index contributed by atoms with van der Waals surface area (Å²) in [7, 11) is 0. The van der Waals surface area contributed by atoms with E-state index in [1.54, 1.807) is 18.3 Å². The van der Waals surface area contributed by atoms with Crippen molar-refractivity contribution in [2.75, 3.05) is 31.9 Å². The zero-order valence-corrected chi connectivity index (χ0v) is 11.9. The zero-order chi connectivity index (χ0) is 14.0. The first-order valence-electron chi connectivity index (χ1n) is 6.64. The number of anilines is 1. The number of carbonyl (C=O) groups excluding carboxylic acids is 1. The molecule has 0 radical (unpaired) electrons. The first kappa shape index (κ1) is 13.8. The average Bonchev–Trinajstić information content (AvgIpc) is 2.37. The molecule has 2 heterocycles. The smallest absolute Gasteiger partial charge is 0.272 e. The van der Waals surface area contributed by atoms with Gasteiger partial charge in [-0.2, -0.15) is 0 Å². The molecular formula is C14H22N4O. The summed E-state index contributed by atoms with van der Waals surface area (Å²) >= 11 is 0. The number of piperazine rings is 1. The van der Waals surface area contributed by atoms with Crippen molar-refractivity contribution in [2.45, 2.75) is 26.3 Å². The first-order chi connectivity index (χ1) is 8.88. The van der Waals surface area contributed by atoms with Gasteiger partial charge in [0.2, 0.25) is 0 Å². The van der Waals surface area contributed by atoms with Gasteiger partial charge in [0.05, 0.1) is 0 Å². The van der Waals surface area contributed by atoms with Crippen LogP contribution in [0.25, 0.3) is 0 Å². The van der Waals surface area contributed by atoms with Crippen LogP contribution in [0.3, 0.4) is 0 Å². The molecule has 1 aromatic rings. The summed E-state index contributed by atoms with van der Waals surface area (Å²) in [4.78, 5) is 20.6. The van der Waals surface area contributed by atoms with E-state index in [1.807, 2.05) is 4.90 Å². The van der Waals surface area contributed by atoms with Gasteiger partial charge < -0.3 is 10.6 Å². The Morgan fingerprint density at radius 3 is 2.42 bits per heavy atom. The maximum absolute atomic E-state index is 12.3. The fourth-order valence-electron chi connectivity index (χ4n) is 2.31. The summed E-state index contributed by atoms with van der Waals surface area (Å²) in [5.41, 5.74) is 6.85. The average molecular weight is 262 g/mol. The van der Waals surface area contributed by atoms with Crippen LogP contribution in [-0.2, 0) is 0 Å². The lowest BCUT2D eigenvalue weighted by Crippen LogP contribution is -2.54. The fourth-order valence-corrected chi connectivity index (χ4v) is 2.31. The van der Waals surface area contributed by atoms with Gasteiger partial charge in [0.25, 0.3) is 5.91 Å². The van der Waals surface area contributed by atoms with Crippen molar-refractivity contribution in [3.8, 4) is 0 Å². The summed E-state index contributed by atoms with van der Waals surface area (Å²) < 4.78 is 0. The highest BCUT2D eigenvalue weighted by atomic mass is 16.2. The summed E-state index contributed by atoms with van der Waals surface area (Å²) in [5, 5.41) is 0. The number of nitrogens with two attached hydrogens (primary N) is 1. The number of carbonyl (C=O) groups is 1. The third-order valence-electron chi connectivity index (χ3n) is 3.52. The number of pyridine rings is 1. The molecule has 19 heavy (non-hydrogen) atoms. The van der Waals surface area contributed by atoms with Crippen LogP contribution < -0.4 is 5.73 Å². The number of nitrogens with zero attached hydrogens (tertiary/aromatic N) is 3. The van der Waals surface area contributed by atoms with Gasteiger partial charge in [0.1, 0.15) is 5.69 Å². The van der Waals surface area contributed by atoms with E-state index >= 15 is 0 Å². The minimum Gasteiger partial charge on any atom is -0.399 e. The first-order valence-corrected chi connectivity index (χ1v) is 6.64. The van der Waals surface area contributed by atoms with Crippen molar-refractivity contribution in [3.63, 3.8) is 0 Å². The molecular weight excluding hydrogens is 240 g/mol. The lowest BCUT2D eigenvalue weighted by Gasteiger charge is -2.42. The third kappa shape index (κ3) is 3.23. The van der Waals surface area contributed by atoms with E-state index in [0.29, 0.717) is 11.4 Å². The van der Waals surface area contributed by atoms with Crippen molar-refractivity contribution in [1.82, 2.24) is 14.8 Å². The van der Waals surface area contributed by atoms with Crippen molar-refractivity contribution in [1.29, 1.82) is 0 Å². The molecule has 0 unspecified atom stereocenters. The zero-order valence-electron chi connectivity index (χ0n) is 11.9. The van der Waals surface area contributed by atoms with Crippen molar-refractivity contribution >= 4 is 11.6 Å². The molecule has 1 fully saturated rings. The van der Waals surface area contributed by atoms with E-state index < -0.39 is 0 Å². The summed E-state index contributed by atoms with van der Waals surface area (Å²) in [5.74, 6) is -0.0270. The van der Waals surface area contributed by atoms with Crippen LogP contribution >= 0.6 is 0 Å². The maximum Gasteiger partial charge on any atom is 0.272 e. The number of hydrogen-bond acceptors (Lipinski definition) is 4. The van der Waals surface area contributed by atoms with Crippen LogP contribution in [-0.4, -0.2) is 52.4 Å². The van der Waals surface area contributed by atoms with Crippen LogP contribution in [0.1, 0.15) is 31.3 Å². The molecule has 0 saturated carbocycles. The Balaban J connectivity index is 2.00. The number of rotatable bonds is 1. The SMILES string of the molecule is CC(C)(C)N1CCN(C(=O)c2cc(N)ccn2)CC1. The van der Waals surface area contributed by atoms with Crippen molar-refractivity contribution < 1.29 is 4.79 Å². The number of nitrogen functional groups attached to an aromatic ring is 1. The molecule has 2 N–H and O–H groups in total. The summed E-state index contributed by atoms with van der Waals surface area (Å²) in [6, 6.07) is 3.33. The van der Waals surface area contributed by atoms with E-state index in [2.05, 4.69) is 30.7 Å². The van der Waals surface area contributed by atoms with Gasteiger partial charge in [0.15, 0.2) is 0 Å². The van der Waals surface area contributed by atoms with E-state index in [0.717, 1.165) is 26.2 Å². The number of hydrogen-bond donors (Lipinski definition) is 1. The Morgan fingerprint density at radius 1 is 1.26 bits per heavy atom. The van der Waals surface area contributed by atoms with E-state index in [4.69, 9.17) is 5.73 Å². The molecule has 1 aromatic heterocycles. The quantitative estimate of drug-likeness (QED) is 0.826. The van der Waals surface area contributed by atoms with Crippen LogP contribution in [0, 0.1) is 0 Å². The van der Waals surface area contributed by atoms with E-state index in [9.17, 15) is 4.79 Å². The van der Waals surface area contributed by atoms with Gasteiger partial charge in [-0.25, -0.2) is 0 Å². The molecule has 0 aliphatic carbocycles. The van der Waals surface area contributed by atoms with E-state index in [-0.39, 0.29) is 11.4 Å². The molecule has 5 nitrogen and oxygen atoms in total. The minimum absolute atomic E-state index is 0.0270. The monoisotopic (exact) mass is 262 g/mol. The predicted octanol–water partition coefficient (Wildman–Crippen LogP) is 1.22. The summed E-state index contributed by atoms with van der Waals surface area (Å²) in [6.07, 6.45) is 1.58.